The van der Waals surface area contributed by atoms with Crippen LogP contribution in [0.1, 0.15) is 37.5 Å². The molecule has 9 heteroatoms. The predicted octanol–water partition coefficient (Wildman–Crippen LogP) is 1.07. The smallest absolute Gasteiger partial charge is 0.244 e. The second kappa shape index (κ2) is 7.55. The number of hydrogen-bond donors (Lipinski definition) is 1. The number of amides is 1. The minimum Gasteiger partial charge on any atom is -0.349 e. The summed E-state index contributed by atoms with van der Waals surface area (Å²) in [5.41, 5.74) is 1.80. The Hall–Kier alpha value is -2.26. The molecule has 0 aromatic carbocycles. The minimum absolute atomic E-state index is 0.0330. The van der Waals surface area contributed by atoms with E-state index < -0.39 is 10.0 Å². The van der Waals surface area contributed by atoms with E-state index in [-0.39, 0.29) is 17.3 Å². The van der Waals surface area contributed by atoms with Crippen LogP contribution in [0.3, 0.4) is 0 Å². The number of hydrogen-bond acceptors (Lipinski definition) is 5. The highest BCUT2D eigenvalue weighted by Gasteiger charge is 2.31. The summed E-state index contributed by atoms with van der Waals surface area (Å²) in [6, 6.07) is 3.17. The van der Waals surface area contributed by atoms with Gasteiger partial charge in [0.05, 0.1) is 24.5 Å². The van der Waals surface area contributed by atoms with Gasteiger partial charge in [0, 0.05) is 38.3 Å². The van der Waals surface area contributed by atoms with Crippen LogP contribution in [-0.2, 0) is 40.9 Å². The molecule has 1 N–H and O–H groups in total. The molecule has 2 aromatic rings. The molecule has 3 rings (SSSR count). The van der Waals surface area contributed by atoms with E-state index in [1.165, 1.54) is 10.5 Å². The molecule has 0 atom stereocenters. The summed E-state index contributed by atoms with van der Waals surface area (Å²) in [6.45, 7) is 5.46. The number of carbonyl (C=O) groups is 1. The Morgan fingerprint density at radius 1 is 1.35 bits per heavy atom. The van der Waals surface area contributed by atoms with Crippen LogP contribution in [0.25, 0.3) is 0 Å². The zero-order valence-electron chi connectivity index (χ0n) is 15.0. The first kappa shape index (κ1) is 18.5. The first-order valence-corrected chi connectivity index (χ1v) is 10.1. The molecule has 2 aromatic heterocycles. The highest BCUT2D eigenvalue weighted by molar-refractivity contribution is 7.89. The minimum atomic E-state index is -3.59. The van der Waals surface area contributed by atoms with Crippen molar-refractivity contribution in [2.75, 3.05) is 6.54 Å². The van der Waals surface area contributed by atoms with Gasteiger partial charge in [-0.1, -0.05) is 6.92 Å². The van der Waals surface area contributed by atoms with Crippen molar-refractivity contribution in [3.05, 3.63) is 41.7 Å². The quantitative estimate of drug-likeness (QED) is 0.812. The molecule has 26 heavy (non-hydrogen) atoms. The van der Waals surface area contributed by atoms with Crippen LogP contribution >= 0.6 is 0 Å². The largest absolute Gasteiger partial charge is 0.349 e. The standard InChI is InChI=1S/C17H23N5O3S/c1-3-17(23)19-11-16-20-14-7-9-21(12-15(14)22(16)4-2)26(24,25)13-6-5-8-18-10-13/h5-6,8,10H,3-4,7,9,11-12H2,1-2H3,(H,19,23). The number of aromatic nitrogens is 3. The van der Waals surface area contributed by atoms with Crippen molar-refractivity contribution < 1.29 is 13.2 Å². The van der Waals surface area contributed by atoms with Gasteiger partial charge in [0.25, 0.3) is 0 Å². The molecule has 0 saturated heterocycles. The third-order valence-electron chi connectivity index (χ3n) is 4.51. The first-order chi connectivity index (χ1) is 12.5. The molecule has 1 aliphatic heterocycles. The first-order valence-electron chi connectivity index (χ1n) is 8.71. The van der Waals surface area contributed by atoms with Gasteiger partial charge in [0.1, 0.15) is 10.7 Å². The number of sulfonamides is 1. The SMILES string of the molecule is CCC(=O)NCc1nc2c(n1CC)CN(S(=O)(=O)c1cccnc1)CC2. The van der Waals surface area contributed by atoms with E-state index in [1.54, 1.807) is 25.3 Å². The zero-order chi connectivity index (χ0) is 18.7. The van der Waals surface area contributed by atoms with Crippen LogP contribution in [0, 0.1) is 0 Å². The molecule has 3 heterocycles. The Labute approximate surface area is 153 Å². The molecule has 0 radical (unpaired) electrons. The second-order valence-corrected chi connectivity index (χ2v) is 8.01. The maximum Gasteiger partial charge on any atom is 0.244 e. The summed E-state index contributed by atoms with van der Waals surface area (Å²) in [6.07, 6.45) is 3.89. The van der Waals surface area contributed by atoms with E-state index in [1.807, 2.05) is 11.5 Å². The molecule has 0 bridgehead atoms. The number of carbonyl (C=O) groups excluding carboxylic acids is 1. The number of nitrogens with one attached hydrogen (secondary N) is 1. The summed E-state index contributed by atoms with van der Waals surface area (Å²) < 4.78 is 29.2. The molecule has 140 valence electrons. The van der Waals surface area contributed by atoms with E-state index in [0.717, 1.165) is 17.2 Å². The Morgan fingerprint density at radius 3 is 2.81 bits per heavy atom. The number of rotatable bonds is 6. The van der Waals surface area contributed by atoms with Gasteiger partial charge in [-0.25, -0.2) is 13.4 Å². The van der Waals surface area contributed by atoms with Gasteiger partial charge >= 0.3 is 0 Å². The fourth-order valence-electron chi connectivity index (χ4n) is 3.11. The molecule has 1 amide bonds. The van der Waals surface area contributed by atoms with Gasteiger partial charge in [-0.05, 0) is 19.1 Å². The molecule has 0 fully saturated rings. The van der Waals surface area contributed by atoms with E-state index in [2.05, 4.69) is 15.3 Å². The van der Waals surface area contributed by atoms with E-state index in [9.17, 15) is 13.2 Å². The normalized spacial score (nSPS) is 14.8. The highest BCUT2D eigenvalue weighted by Crippen LogP contribution is 2.25. The van der Waals surface area contributed by atoms with Crippen molar-refractivity contribution in [3.8, 4) is 0 Å². The van der Waals surface area contributed by atoms with E-state index in [0.29, 0.717) is 32.5 Å². The molecular weight excluding hydrogens is 354 g/mol. The van der Waals surface area contributed by atoms with E-state index in [4.69, 9.17) is 0 Å². The lowest BCUT2D eigenvalue weighted by Gasteiger charge is -2.26. The lowest BCUT2D eigenvalue weighted by Crippen LogP contribution is -2.36. The third kappa shape index (κ3) is 3.49. The average Bonchev–Trinajstić information content (AvgIpc) is 3.03. The molecule has 0 saturated carbocycles. The van der Waals surface area contributed by atoms with Crippen molar-refractivity contribution in [3.63, 3.8) is 0 Å². The van der Waals surface area contributed by atoms with Gasteiger partial charge < -0.3 is 9.88 Å². The van der Waals surface area contributed by atoms with Gasteiger partial charge in [0.15, 0.2) is 0 Å². The molecule has 0 spiro atoms. The van der Waals surface area contributed by atoms with Gasteiger partial charge in [-0.3, -0.25) is 9.78 Å². The number of fused-ring (bicyclic) bond motifs is 1. The van der Waals surface area contributed by atoms with Crippen LogP contribution in [-0.4, -0.2) is 39.7 Å². The summed E-state index contributed by atoms with van der Waals surface area (Å²) in [7, 11) is -3.59. The van der Waals surface area contributed by atoms with Crippen LogP contribution in [0.5, 0.6) is 0 Å². The van der Waals surface area contributed by atoms with Crippen molar-refractivity contribution in [1.82, 2.24) is 24.2 Å². The lowest BCUT2D eigenvalue weighted by molar-refractivity contribution is -0.120. The van der Waals surface area contributed by atoms with Crippen LogP contribution in [0.15, 0.2) is 29.4 Å². The zero-order valence-corrected chi connectivity index (χ0v) is 15.8. The summed E-state index contributed by atoms with van der Waals surface area (Å²) in [4.78, 5) is 20.3. The van der Waals surface area contributed by atoms with Crippen molar-refractivity contribution in [2.24, 2.45) is 0 Å². The predicted molar refractivity (Wildman–Crippen MR) is 95.6 cm³/mol. The third-order valence-corrected chi connectivity index (χ3v) is 6.34. The molecule has 1 aliphatic rings. The lowest BCUT2D eigenvalue weighted by atomic mass is 10.2. The summed E-state index contributed by atoms with van der Waals surface area (Å²) in [5.74, 6) is 0.731. The second-order valence-electron chi connectivity index (χ2n) is 6.07. The summed E-state index contributed by atoms with van der Waals surface area (Å²) in [5, 5.41) is 2.84. The molecule has 0 unspecified atom stereocenters. The van der Waals surface area contributed by atoms with Gasteiger partial charge in [0.2, 0.25) is 15.9 Å². The molecular formula is C17H23N5O3S. The van der Waals surface area contributed by atoms with Crippen molar-refractivity contribution >= 4 is 15.9 Å². The molecule has 8 nitrogen and oxygen atoms in total. The van der Waals surface area contributed by atoms with Gasteiger partial charge in [-0.2, -0.15) is 4.31 Å². The highest BCUT2D eigenvalue weighted by atomic mass is 32.2. The Kier molecular flexibility index (Phi) is 5.38. The van der Waals surface area contributed by atoms with Gasteiger partial charge in [-0.15, -0.1) is 0 Å². The maximum atomic E-state index is 12.9. The Balaban J connectivity index is 1.86. The van der Waals surface area contributed by atoms with E-state index >= 15 is 0 Å². The monoisotopic (exact) mass is 377 g/mol. The van der Waals surface area contributed by atoms with Crippen LogP contribution in [0.4, 0.5) is 0 Å². The number of nitrogens with zero attached hydrogens (tertiary/aromatic N) is 4. The maximum absolute atomic E-state index is 12.9. The topological polar surface area (TPSA) is 97.2 Å². The fraction of sp³-hybridized carbons (Fsp3) is 0.471. The molecule has 0 aliphatic carbocycles. The summed E-state index contributed by atoms with van der Waals surface area (Å²) >= 11 is 0. The van der Waals surface area contributed by atoms with Crippen molar-refractivity contribution in [2.45, 2.75) is 51.2 Å². The Morgan fingerprint density at radius 2 is 2.15 bits per heavy atom. The number of pyridine rings is 1. The van der Waals surface area contributed by atoms with Crippen molar-refractivity contribution in [1.29, 1.82) is 0 Å². The van der Waals surface area contributed by atoms with Crippen LogP contribution < -0.4 is 5.32 Å². The number of imidazole rings is 1. The average molecular weight is 377 g/mol. The fourth-order valence-corrected chi connectivity index (χ4v) is 4.48. The Bertz CT molecular complexity index is 893. The van der Waals surface area contributed by atoms with Crippen LogP contribution in [0.2, 0.25) is 0 Å².